The predicted octanol–water partition coefficient (Wildman–Crippen LogP) is 0.423. The molecule has 1 aliphatic rings. The Balaban J connectivity index is 2.28. The highest BCUT2D eigenvalue weighted by Gasteiger charge is 2.30. The Morgan fingerprint density at radius 1 is 1.29 bits per heavy atom. The molecule has 1 aromatic carbocycles. The maximum absolute atomic E-state index is 11.4. The molecule has 17 heavy (non-hydrogen) atoms. The van der Waals surface area contributed by atoms with Gasteiger partial charge in [0.25, 0.3) is 0 Å². The van der Waals surface area contributed by atoms with Crippen molar-refractivity contribution in [1.29, 1.82) is 0 Å². The van der Waals surface area contributed by atoms with Gasteiger partial charge in [-0.15, -0.1) is 0 Å². The van der Waals surface area contributed by atoms with Crippen LogP contribution in [0.15, 0.2) is 24.3 Å². The average molecular weight is 236 g/mol. The van der Waals surface area contributed by atoms with Crippen LogP contribution in [0.25, 0.3) is 0 Å². The SMILES string of the molecule is O=C(O)C(c1ccccc1O)N1CCNCC1. The van der Waals surface area contributed by atoms with E-state index < -0.39 is 12.0 Å². The molecular formula is C12H16N2O3. The number of piperazine rings is 1. The van der Waals surface area contributed by atoms with E-state index in [2.05, 4.69) is 5.32 Å². The van der Waals surface area contributed by atoms with E-state index in [1.54, 1.807) is 18.2 Å². The third kappa shape index (κ3) is 2.57. The number of benzene rings is 1. The van der Waals surface area contributed by atoms with Crippen LogP contribution in [-0.4, -0.2) is 47.3 Å². The van der Waals surface area contributed by atoms with Crippen molar-refractivity contribution in [2.24, 2.45) is 0 Å². The van der Waals surface area contributed by atoms with E-state index in [0.717, 1.165) is 13.1 Å². The third-order valence-corrected chi connectivity index (χ3v) is 2.98. The molecule has 3 N–H and O–H groups in total. The minimum Gasteiger partial charge on any atom is -0.508 e. The van der Waals surface area contributed by atoms with E-state index in [0.29, 0.717) is 18.7 Å². The molecule has 1 aromatic rings. The lowest BCUT2D eigenvalue weighted by molar-refractivity contribution is -0.144. The molecule has 0 bridgehead atoms. The Labute approximate surface area is 99.7 Å². The van der Waals surface area contributed by atoms with Crippen LogP contribution in [0, 0.1) is 0 Å². The number of rotatable bonds is 3. The van der Waals surface area contributed by atoms with Gasteiger partial charge in [-0.05, 0) is 6.07 Å². The van der Waals surface area contributed by atoms with Crippen molar-refractivity contribution in [3.63, 3.8) is 0 Å². The fourth-order valence-corrected chi connectivity index (χ4v) is 2.14. The molecule has 1 unspecified atom stereocenters. The summed E-state index contributed by atoms with van der Waals surface area (Å²) >= 11 is 0. The lowest BCUT2D eigenvalue weighted by Crippen LogP contribution is -2.47. The number of hydrogen-bond acceptors (Lipinski definition) is 4. The first kappa shape index (κ1) is 11.9. The van der Waals surface area contributed by atoms with Gasteiger partial charge in [0.15, 0.2) is 0 Å². The predicted molar refractivity (Wildman–Crippen MR) is 62.9 cm³/mol. The van der Waals surface area contributed by atoms with Crippen molar-refractivity contribution < 1.29 is 15.0 Å². The number of phenols is 1. The monoisotopic (exact) mass is 236 g/mol. The lowest BCUT2D eigenvalue weighted by atomic mass is 10.0. The first-order chi connectivity index (χ1) is 8.20. The first-order valence-electron chi connectivity index (χ1n) is 5.65. The Morgan fingerprint density at radius 3 is 2.53 bits per heavy atom. The fraction of sp³-hybridized carbons (Fsp3) is 0.417. The number of nitrogens with zero attached hydrogens (tertiary/aromatic N) is 1. The van der Waals surface area contributed by atoms with Crippen LogP contribution in [0.4, 0.5) is 0 Å². The lowest BCUT2D eigenvalue weighted by Gasteiger charge is -2.32. The van der Waals surface area contributed by atoms with Crippen LogP contribution in [0.5, 0.6) is 5.75 Å². The van der Waals surface area contributed by atoms with Crippen LogP contribution in [-0.2, 0) is 4.79 Å². The third-order valence-electron chi connectivity index (χ3n) is 2.98. The van der Waals surface area contributed by atoms with E-state index in [1.165, 1.54) is 6.07 Å². The second-order valence-electron chi connectivity index (χ2n) is 4.09. The summed E-state index contributed by atoms with van der Waals surface area (Å²) in [4.78, 5) is 13.2. The van der Waals surface area contributed by atoms with Crippen LogP contribution >= 0.6 is 0 Å². The number of carboxylic acid groups (broad SMARTS) is 1. The van der Waals surface area contributed by atoms with Gasteiger partial charge in [-0.25, -0.2) is 0 Å². The summed E-state index contributed by atoms with van der Waals surface area (Å²) in [6.07, 6.45) is 0. The zero-order valence-electron chi connectivity index (χ0n) is 9.47. The molecule has 0 radical (unpaired) electrons. The first-order valence-corrected chi connectivity index (χ1v) is 5.65. The van der Waals surface area contributed by atoms with Gasteiger partial charge in [0.05, 0.1) is 0 Å². The highest BCUT2D eigenvalue weighted by atomic mass is 16.4. The normalized spacial score (nSPS) is 18.8. The number of carbonyl (C=O) groups is 1. The van der Waals surface area contributed by atoms with Crippen molar-refractivity contribution in [3.8, 4) is 5.75 Å². The summed E-state index contributed by atoms with van der Waals surface area (Å²) < 4.78 is 0. The van der Waals surface area contributed by atoms with Gasteiger partial charge in [0.1, 0.15) is 11.8 Å². The summed E-state index contributed by atoms with van der Waals surface area (Å²) in [6, 6.07) is 5.85. The summed E-state index contributed by atoms with van der Waals surface area (Å²) in [5.74, 6) is -0.883. The molecule has 0 spiro atoms. The van der Waals surface area contributed by atoms with Crippen LogP contribution in [0.2, 0.25) is 0 Å². The average Bonchev–Trinajstić information content (AvgIpc) is 2.33. The largest absolute Gasteiger partial charge is 0.508 e. The standard InChI is InChI=1S/C12H16N2O3/c15-10-4-2-1-3-9(10)11(12(16)17)14-7-5-13-6-8-14/h1-4,11,13,15H,5-8H2,(H,16,17). The highest BCUT2D eigenvalue weighted by Crippen LogP contribution is 2.28. The number of phenolic OH excluding ortho intramolecular Hbond substituents is 1. The van der Waals surface area contributed by atoms with Crippen molar-refractivity contribution in [2.45, 2.75) is 6.04 Å². The maximum Gasteiger partial charge on any atom is 0.325 e. The number of aliphatic carboxylic acids is 1. The van der Waals surface area contributed by atoms with Crippen LogP contribution < -0.4 is 5.32 Å². The highest BCUT2D eigenvalue weighted by molar-refractivity contribution is 5.76. The van der Waals surface area contributed by atoms with Gasteiger partial charge in [-0.1, -0.05) is 18.2 Å². The van der Waals surface area contributed by atoms with E-state index in [-0.39, 0.29) is 5.75 Å². The van der Waals surface area contributed by atoms with Crippen molar-refractivity contribution in [3.05, 3.63) is 29.8 Å². The van der Waals surface area contributed by atoms with Crippen molar-refractivity contribution in [1.82, 2.24) is 10.2 Å². The molecule has 1 fully saturated rings. The molecule has 1 aliphatic heterocycles. The van der Waals surface area contributed by atoms with Gasteiger partial charge in [0, 0.05) is 31.7 Å². The second kappa shape index (κ2) is 5.16. The quantitative estimate of drug-likeness (QED) is 0.709. The second-order valence-corrected chi connectivity index (χ2v) is 4.09. The van der Waals surface area contributed by atoms with Gasteiger partial charge in [0.2, 0.25) is 0 Å². The van der Waals surface area contributed by atoms with Crippen LogP contribution in [0.3, 0.4) is 0 Å². The number of carboxylic acids is 1. The molecule has 1 saturated heterocycles. The molecule has 92 valence electrons. The zero-order valence-corrected chi connectivity index (χ0v) is 9.47. The number of para-hydroxylation sites is 1. The van der Waals surface area contributed by atoms with Crippen LogP contribution in [0.1, 0.15) is 11.6 Å². The molecule has 0 aliphatic carbocycles. The molecule has 0 saturated carbocycles. The zero-order chi connectivity index (χ0) is 12.3. The van der Waals surface area contributed by atoms with E-state index in [1.807, 2.05) is 4.90 Å². The molecule has 5 heteroatoms. The van der Waals surface area contributed by atoms with E-state index in [4.69, 9.17) is 0 Å². The summed E-state index contributed by atoms with van der Waals surface area (Å²) in [5.41, 5.74) is 0.460. The molecule has 1 heterocycles. The topological polar surface area (TPSA) is 72.8 Å². The number of aromatic hydroxyl groups is 1. The molecule has 1 atom stereocenters. The minimum atomic E-state index is -0.923. The molecular weight excluding hydrogens is 220 g/mol. The smallest absolute Gasteiger partial charge is 0.325 e. The molecule has 0 amide bonds. The minimum absolute atomic E-state index is 0.0402. The maximum atomic E-state index is 11.4. The van der Waals surface area contributed by atoms with E-state index >= 15 is 0 Å². The van der Waals surface area contributed by atoms with Crippen molar-refractivity contribution >= 4 is 5.97 Å². The summed E-state index contributed by atoms with van der Waals surface area (Å²) in [7, 11) is 0. The Bertz CT molecular complexity index is 402. The molecule has 2 rings (SSSR count). The Hall–Kier alpha value is -1.59. The Morgan fingerprint density at radius 2 is 1.94 bits per heavy atom. The molecule has 0 aromatic heterocycles. The molecule has 5 nitrogen and oxygen atoms in total. The number of nitrogens with one attached hydrogen (secondary N) is 1. The van der Waals surface area contributed by atoms with Gasteiger partial charge in [-0.3, -0.25) is 9.69 Å². The number of hydrogen-bond donors (Lipinski definition) is 3. The summed E-state index contributed by atoms with van der Waals surface area (Å²) in [6.45, 7) is 2.89. The van der Waals surface area contributed by atoms with Gasteiger partial charge in [-0.2, -0.15) is 0 Å². The fourth-order valence-electron chi connectivity index (χ4n) is 2.14. The van der Waals surface area contributed by atoms with Gasteiger partial charge < -0.3 is 15.5 Å². The summed E-state index contributed by atoms with van der Waals surface area (Å²) in [5, 5.41) is 22.3. The van der Waals surface area contributed by atoms with Gasteiger partial charge >= 0.3 is 5.97 Å². The van der Waals surface area contributed by atoms with Crippen molar-refractivity contribution in [2.75, 3.05) is 26.2 Å². The Kier molecular flexibility index (Phi) is 3.61. The van der Waals surface area contributed by atoms with E-state index in [9.17, 15) is 15.0 Å².